The first kappa shape index (κ1) is 20.4. The number of benzene rings is 2. The molecule has 4 N–H and O–H groups in total. The molecule has 4 rings (SSSR count). The Morgan fingerprint density at radius 1 is 0.931 bits per heavy atom. The summed E-state index contributed by atoms with van der Waals surface area (Å²) in [7, 11) is 1.66. The third kappa shape index (κ3) is 4.19. The first-order chi connectivity index (χ1) is 14.0. The summed E-state index contributed by atoms with van der Waals surface area (Å²) in [6.07, 6.45) is 0.252. The molecule has 2 aromatic carbocycles. The normalized spacial score (nSPS) is 29.6. The molecular formula is C24H30O5. The van der Waals surface area contributed by atoms with Crippen LogP contribution in [0.25, 0.3) is 0 Å². The third-order valence-corrected chi connectivity index (χ3v) is 6.55. The molecule has 0 bridgehead atoms. The van der Waals surface area contributed by atoms with Gasteiger partial charge in [-0.1, -0.05) is 30.3 Å². The maximum Gasteiger partial charge on any atom is 0.118 e. The van der Waals surface area contributed by atoms with Gasteiger partial charge in [-0.25, -0.2) is 0 Å². The molecule has 0 heterocycles. The average molecular weight is 398 g/mol. The first-order valence-corrected chi connectivity index (χ1v) is 10.4. The molecule has 2 aromatic rings. The second kappa shape index (κ2) is 8.44. The number of aliphatic hydroxyl groups excluding tert-OH is 4. The molecule has 0 spiro atoms. The third-order valence-electron chi connectivity index (χ3n) is 6.55. The highest BCUT2D eigenvalue weighted by Gasteiger charge is 2.43. The molecule has 2 saturated carbocycles. The van der Waals surface area contributed by atoms with E-state index in [1.54, 1.807) is 7.11 Å². The van der Waals surface area contributed by atoms with E-state index in [0.717, 1.165) is 17.7 Å². The zero-order valence-corrected chi connectivity index (χ0v) is 16.7. The second-order valence-electron chi connectivity index (χ2n) is 8.51. The van der Waals surface area contributed by atoms with Crippen molar-refractivity contribution in [1.82, 2.24) is 0 Å². The van der Waals surface area contributed by atoms with E-state index in [2.05, 4.69) is 24.3 Å². The molecular weight excluding hydrogens is 368 g/mol. The van der Waals surface area contributed by atoms with Crippen LogP contribution in [0.3, 0.4) is 0 Å². The molecule has 0 unspecified atom stereocenters. The lowest BCUT2D eigenvalue weighted by Gasteiger charge is -2.40. The van der Waals surface area contributed by atoms with Crippen LogP contribution in [-0.4, -0.2) is 52.5 Å². The van der Waals surface area contributed by atoms with Gasteiger partial charge in [-0.3, -0.25) is 0 Å². The standard InChI is InChI=1S/C24H30O5/c1-29-19-7-2-14(3-8-19)10-17-11-16(6-9-20(17)15-4-5-15)21-12-18(13-25)22(26)24(28)23(21)27/h2-3,6-9,11,15,18,21-28H,4-5,10,12-13H2,1H3/t18-,21+,22-,23+,24+/m1/s1. The maximum absolute atomic E-state index is 10.6. The van der Waals surface area contributed by atoms with Crippen LogP contribution in [0.15, 0.2) is 42.5 Å². The molecule has 0 saturated heterocycles. The summed E-state index contributed by atoms with van der Waals surface area (Å²) in [5.74, 6) is 0.684. The van der Waals surface area contributed by atoms with Crippen LogP contribution in [0.1, 0.15) is 53.4 Å². The fraction of sp³-hybridized carbons (Fsp3) is 0.500. The lowest BCUT2D eigenvalue weighted by Crippen LogP contribution is -2.51. The zero-order chi connectivity index (χ0) is 20.5. The lowest BCUT2D eigenvalue weighted by atomic mass is 9.72. The van der Waals surface area contributed by atoms with Crippen LogP contribution in [0.4, 0.5) is 0 Å². The van der Waals surface area contributed by atoms with Gasteiger partial charge < -0.3 is 25.2 Å². The van der Waals surface area contributed by atoms with E-state index >= 15 is 0 Å². The fourth-order valence-electron chi connectivity index (χ4n) is 4.61. The predicted octanol–water partition coefficient (Wildman–Crippen LogP) is 2.34. The highest BCUT2D eigenvalue weighted by molar-refractivity contribution is 5.42. The van der Waals surface area contributed by atoms with E-state index in [0.29, 0.717) is 12.3 Å². The lowest BCUT2D eigenvalue weighted by molar-refractivity contribution is -0.127. The largest absolute Gasteiger partial charge is 0.497 e. The topological polar surface area (TPSA) is 90.2 Å². The van der Waals surface area contributed by atoms with Crippen molar-refractivity contribution in [2.45, 2.75) is 55.8 Å². The van der Waals surface area contributed by atoms with E-state index < -0.39 is 24.2 Å². The minimum atomic E-state index is -1.25. The van der Waals surface area contributed by atoms with Crippen molar-refractivity contribution >= 4 is 0 Å². The Labute approximate surface area is 171 Å². The number of aliphatic hydroxyl groups is 4. The van der Waals surface area contributed by atoms with Crippen LogP contribution in [0.2, 0.25) is 0 Å². The molecule has 0 aromatic heterocycles. The van der Waals surface area contributed by atoms with Crippen LogP contribution >= 0.6 is 0 Å². The molecule has 29 heavy (non-hydrogen) atoms. The van der Waals surface area contributed by atoms with Crippen molar-refractivity contribution in [3.8, 4) is 5.75 Å². The molecule has 5 atom stereocenters. The van der Waals surface area contributed by atoms with E-state index in [4.69, 9.17) is 4.74 Å². The maximum atomic E-state index is 10.6. The predicted molar refractivity (Wildman–Crippen MR) is 110 cm³/mol. The van der Waals surface area contributed by atoms with Crippen molar-refractivity contribution in [2.75, 3.05) is 13.7 Å². The quantitative estimate of drug-likeness (QED) is 0.600. The summed E-state index contributed by atoms with van der Waals surface area (Å²) in [6, 6.07) is 14.4. The average Bonchev–Trinajstić information content (AvgIpc) is 3.58. The van der Waals surface area contributed by atoms with E-state index in [1.807, 2.05) is 18.2 Å². The van der Waals surface area contributed by atoms with Crippen molar-refractivity contribution in [1.29, 1.82) is 0 Å². The minimum absolute atomic E-state index is 0.208. The van der Waals surface area contributed by atoms with Gasteiger partial charge in [0.1, 0.15) is 11.9 Å². The van der Waals surface area contributed by atoms with Gasteiger partial charge in [0, 0.05) is 18.4 Å². The number of hydrogen-bond donors (Lipinski definition) is 4. The Morgan fingerprint density at radius 2 is 1.66 bits per heavy atom. The summed E-state index contributed by atoms with van der Waals surface area (Å²) < 4.78 is 5.25. The minimum Gasteiger partial charge on any atom is -0.497 e. The number of hydrogen-bond acceptors (Lipinski definition) is 5. The smallest absolute Gasteiger partial charge is 0.118 e. The first-order valence-electron chi connectivity index (χ1n) is 10.4. The molecule has 2 fully saturated rings. The van der Waals surface area contributed by atoms with Gasteiger partial charge in [-0.05, 0) is 66.0 Å². The van der Waals surface area contributed by atoms with E-state index in [-0.39, 0.29) is 12.5 Å². The fourth-order valence-corrected chi connectivity index (χ4v) is 4.61. The number of methoxy groups -OCH3 is 1. The van der Waals surface area contributed by atoms with Crippen LogP contribution in [0.5, 0.6) is 5.75 Å². The van der Waals surface area contributed by atoms with Gasteiger partial charge in [0.2, 0.25) is 0 Å². The molecule has 5 heteroatoms. The summed E-state index contributed by atoms with van der Waals surface area (Å²) in [6.45, 7) is -0.208. The van der Waals surface area contributed by atoms with Crippen LogP contribution in [0, 0.1) is 5.92 Å². The van der Waals surface area contributed by atoms with Gasteiger partial charge in [0.25, 0.3) is 0 Å². The van der Waals surface area contributed by atoms with Crippen molar-refractivity contribution in [3.63, 3.8) is 0 Å². The Hall–Kier alpha value is -1.92. The van der Waals surface area contributed by atoms with Gasteiger partial charge >= 0.3 is 0 Å². The van der Waals surface area contributed by atoms with Crippen molar-refractivity contribution in [2.24, 2.45) is 5.92 Å². The number of rotatable bonds is 6. The summed E-state index contributed by atoms with van der Waals surface area (Å²) in [5.41, 5.74) is 4.74. The monoisotopic (exact) mass is 398 g/mol. The van der Waals surface area contributed by atoms with Crippen molar-refractivity contribution in [3.05, 3.63) is 64.7 Å². The Kier molecular flexibility index (Phi) is 5.93. The molecule has 0 amide bonds. The SMILES string of the molecule is COc1ccc(Cc2cc([C@@H]3C[C@H](CO)[C@@H](O)[C@H](O)[C@H]3O)ccc2C2CC2)cc1. The second-order valence-corrected chi connectivity index (χ2v) is 8.51. The van der Waals surface area contributed by atoms with Gasteiger partial charge in [0.15, 0.2) is 0 Å². The Morgan fingerprint density at radius 3 is 2.28 bits per heavy atom. The Bertz CT molecular complexity index is 828. The summed E-state index contributed by atoms with van der Waals surface area (Å²) >= 11 is 0. The van der Waals surface area contributed by atoms with Crippen molar-refractivity contribution < 1.29 is 25.2 Å². The molecule has 0 radical (unpaired) electrons. The molecule has 0 aliphatic heterocycles. The number of ether oxygens (including phenoxy) is 1. The summed E-state index contributed by atoms with van der Waals surface area (Å²) in [5, 5.41) is 40.6. The van der Waals surface area contributed by atoms with E-state index in [1.165, 1.54) is 29.5 Å². The molecule has 2 aliphatic carbocycles. The molecule has 156 valence electrons. The van der Waals surface area contributed by atoms with E-state index in [9.17, 15) is 20.4 Å². The Balaban J connectivity index is 1.63. The van der Waals surface area contributed by atoms with Crippen LogP contribution in [-0.2, 0) is 6.42 Å². The van der Waals surface area contributed by atoms with Crippen LogP contribution < -0.4 is 4.74 Å². The summed E-state index contributed by atoms with van der Waals surface area (Å²) in [4.78, 5) is 0. The molecule has 2 aliphatic rings. The zero-order valence-electron chi connectivity index (χ0n) is 16.7. The van der Waals surface area contributed by atoms with Gasteiger partial charge in [-0.2, -0.15) is 0 Å². The van der Waals surface area contributed by atoms with Gasteiger partial charge in [-0.15, -0.1) is 0 Å². The molecule has 5 nitrogen and oxygen atoms in total. The highest BCUT2D eigenvalue weighted by atomic mass is 16.5. The van der Waals surface area contributed by atoms with Gasteiger partial charge in [0.05, 0.1) is 19.3 Å². The highest BCUT2D eigenvalue weighted by Crippen LogP contribution is 2.44.